The van der Waals surface area contributed by atoms with Crippen molar-refractivity contribution < 1.29 is 23.5 Å². The van der Waals surface area contributed by atoms with Crippen molar-refractivity contribution >= 4 is 23.6 Å². The summed E-state index contributed by atoms with van der Waals surface area (Å²) in [5, 5.41) is 5.99. The number of anilines is 2. The number of nitrogens with one attached hydrogen (secondary N) is 2. The number of aromatic nitrogens is 3. The number of amides is 2. The molecule has 1 fully saturated rings. The van der Waals surface area contributed by atoms with E-state index in [9.17, 15) is 14.0 Å². The topological polar surface area (TPSA) is 119 Å². The van der Waals surface area contributed by atoms with E-state index in [1.165, 1.54) is 17.3 Å². The van der Waals surface area contributed by atoms with Gasteiger partial charge < -0.3 is 20.1 Å². The molecule has 1 aliphatic carbocycles. The van der Waals surface area contributed by atoms with Gasteiger partial charge in [-0.2, -0.15) is 0 Å². The largest absolute Gasteiger partial charge is 0.465 e. The van der Waals surface area contributed by atoms with Gasteiger partial charge in [0.25, 0.3) is 11.8 Å². The molecule has 5 rings (SSSR count). The third-order valence-electron chi connectivity index (χ3n) is 6.02. The van der Waals surface area contributed by atoms with Gasteiger partial charge in [-0.1, -0.05) is 0 Å². The molecular formula is C21H23FN6O4. The van der Waals surface area contributed by atoms with Gasteiger partial charge in [0, 0.05) is 5.69 Å². The van der Waals surface area contributed by atoms with E-state index < -0.39 is 6.09 Å². The molecule has 10 nitrogen and oxygen atoms in total. The third-order valence-corrected chi connectivity index (χ3v) is 6.02. The van der Waals surface area contributed by atoms with Crippen LogP contribution in [0.4, 0.5) is 20.8 Å². The molecular weight excluding hydrogens is 419 g/mol. The Hall–Kier alpha value is -3.34. The van der Waals surface area contributed by atoms with Crippen LogP contribution in [0.3, 0.4) is 0 Å². The molecule has 2 aliphatic heterocycles. The molecule has 2 aromatic heterocycles. The summed E-state index contributed by atoms with van der Waals surface area (Å²) in [7, 11) is 0. The smallest absolute Gasteiger partial charge is 0.415 e. The summed E-state index contributed by atoms with van der Waals surface area (Å²) in [6, 6.07) is 0. The number of halogens is 1. The number of hydrogen-bond donors (Lipinski definition) is 2. The van der Waals surface area contributed by atoms with E-state index in [1.807, 2.05) is 0 Å². The van der Waals surface area contributed by atoms with Gasteiger partial charge in [-0.15, -0.1) is 0 Å². The number of fused-ring (bicyclic) bond motifs is 2. The maximum atomic E-state index is 13.7. The fourth-order valence-electron chi connectivity index (χ4n) is 4.31. The van der Waals surface area contributed by atoms with Gasteiger partial charge in [0.2, 0.25) is 0 Å². The molecule has 168 valence electrons. The van der Waals surface area contributed by atoms with E-state index in [0.29, 0.717) is 36.8 Å². The number of carbonyl (C=O) groups excluding carboxylic acids is 2. The highest BCUT2D eigenvalue weighted by atomic mass is 19.1. The van der Waals surface area contributed by atoms with Crippen molar-refractivity contribution in [3.8, 4) is 5.88 Å². The van der Waals surface area contributed by atoms with E-state index in [-0.39, 0.29) is 36.1 Å². The van der Waals surface area contributed by atoms with E-state index in [0.717, 1.165) is 30.6 Å². The van der Waals surface area contributed by atoms with Gasteiger partial charge in [0.15, 0.2) is 18.2 Å². The summed E-state index contributed by atoms with van der Waals surface area (Å²) in [6.07, 6.45) is 4.26. The minimum Gasteiger partial charge on any atom is -0.465 e. The summed E-state index contributed by atoms with van der Waals surface area (Å²) >= 11 is 0. The Morgan fingerprint density at radius 1 is 1.28 bits per heavy atom. The zero-order chi connectivity index (χ0) is 22.2. The van der Waals surface area contributed by atoms with Gasteiger partial charge in [-0.05, 0) is 56.3 Å². The van der Waals surface area contributed by atoms with Gasteiger partial charge in [-0.25, -0.2) is 19.2 Å². The molecule has 0 saturated carbocycles. The van der Waals surface area contributed by atoms with Crippen LogP contribution in [0, 0.1) is 18.7 Å². The molecule has 32 heavy (non-hydrogen) atoms. The third kappa shape index (κ3) is 3.95. The molecule has 0 radical (unpaired) electrons. The Balaban J connectivity index is 1.10. The zero-order valence-corrected chi connectivity index (χ0v) is 17.6. The number of pyridine rings is 1. The fraction of sp³-hybridized carbons (Fsp3) is 0.476. The monoisotopic (exact) mass is 442 g/mol. The molecule has 2 atom stereocenters. The van der Waals surface area contributed by atoms with Crippen molar-refractivity contribution in [3.05, 3.63) is 35.0 Å². The van der Waals surface area contributed by atoms with Crippen LogP contribution in [0.1, 0.15) is 23.2 Å². The van der Waals surface area contributed by atoms with Crippen LogP contribution in [0.25, 0.3) is 0 Å². The molecule has 2 unspecified atom stereocenters. The Kier molecular flexibility index (Phi) is 5.33. The molecule has 2 N–H and O–H groups in total. The highest BCUT2D eigenvalue weighted by Gasteiger charge is 2.34. The standard InChI is InChI=1S/C21H23FN6O4/c1-11-14-4-12(5-16(14)24-7-15(11)22)6-23-3-2-13-9-28(21(30)32-13)17-8-25-20-19(26-17)27-18(29)10-31-20/h7-8,12-13,23H,2-6,9-10H2,1H3,(H,26,27,29). The summed E-state index contributed by atoms with van der Waals surface area (Å²) in [4.78, 5) is 37.8. The van der Waals surface area contributed by atoms with Crippen LogP contribution in [0.5, 0.6) is 5.88 Å². The van der Waals surface area contributed by atoms with E-state index in [4.69, 9.17) is 9.47 Å². The molecule has 11 heteroatoms. The average molecular weight is 442 g/mol. The molecule has 4 heterocycles. The van der Waals surface area contributed by atoms with Gasteiger partial charge >= 0.3 is 6.09 Å². The Morgan fingerprint density at radius 3 is 3.03 bits per heavy atom. The van der Waals surface area contributed by atoms with Crippen LogP contribution in [-0.4, -0.2) is 59.3 Å². The van der Waals surface area contributed by atoms with Crippen molar-refractivity contribution in [1.29, 1.82) is 0 Å². The number of rotatable bonds is 6. The first kappa shape index (κ1) is 20.6. The first-order valence-electron chi connectivity index (χ1n) is 10.6. The first-order valence-corrected chi connectivity index (χ1v) is 10.6. The van der Waals surface area contributed by atoms with Gasteiger partial charge in [0.1, 0.15) is 11.9 Å². The van der Waals surface area contributed by atoms with Gasteiger partial charge in [-0.3, -0.25) is 14.7 Å². The number of cyclic esters (lactones) is 1. The molecule has 2 aromatic rings. The molecule has 0 aromatic carbocycles. The van der Waals surface area contributed by atoms with E-state index in [1.54, 1.807) is 6.92 Å². The summed E-state index contributed by atoms with van der Waals surface area (Å²) in [6.45, 7) is 3.51. The quantitative estimate of drug-likeness (QED) is 0.644. The molecule has 0 spiro atoms. The first-order chi connectivity index (χ1) is 15.5. The molecule has 1 saturated heterocycles. The highest BCUT2D eigenvalue weighted by Crippen LogP contribution is 2.29. The second kappa shape index (κ2) is 8.30. The normalized spacial score (nSPS) is 21.6. The number of nitrogens with zero attached hydrogens (tertiary/aromatic N) is 4. The van der Waals surface area contributed by atoms with Crippen LogP contribution in [-0.2, 0) is 22.4 Å². The molecule has 0 bridgehead atoms. The van der Waals surface area contributed by atoms with Crippen molar-refractivity contribution in [2.24, 2.45) is 5.92 Å². The van der Waals surface area contributed by atoms with Crippen molar-refractivity contribution in [3.63, 3.8) is 0 Å². The maximum absolute atomic E-state index is 13.7. The fourth-order valence-corrected chi connectivity index (χ4v) is 4.31. The average Bonchev–Trinajstić information content (AvgIpc) is 3.37. The minimum absolute atomic E-state index is 0.109. The van der Waals surface area contributed by atoms with Crippen LogP contribution in [0.15, 0.2) is 12.4 Å². The minimum atomic E-state index is -0.498. The zero-order valence-electron chi connectivity index (χ0n) is 17.6. The van der Waals surface area contributed by atoms with E-state index >= 15 is 0 Å². The molecule has 3 aliphatic rings. The van der Waals surface area contributed by atoms with Crippen LogP contribution in [0.2, 0.25) is 0 Å². The summed E-state index contributed by atoms with van der Waals surface area (Å²) in [5.74, 6) is 0.530. The Morgan fingerprint density at radius 2 is 2.16 bits per heavy atom. The lowest BCUT2D eigenvalue weighted by atomic mass is 10.0. The number of ether oxygens (including phenoxy) is 2. The van der Waals surface area contributed by atoms with Crippen molar-refractivity contribution in [2.75, 3.05) is 36.5 Å². The van der Waals surface area contributed by atoms with Gasteiger partial charge in [0.05, 0.1) is 18.9 Å². The Bertz CT molecular complexity index is 1080. The number of hydrogen-bond acceptors (Lipinski definition) is 8. The maximum Gasteiger partial charge on any atom is 0.415 e. The lowest BCUT2D eigenvalue weighted by Gasteiger charge is -2.18. The second-order valence-corrected chi connectivity index (χ2v) is 8.26. The SMILES string of the molecule is Cc1c(F)cnc2c1CC(CNCCC1CN(c3cnc4c(n3)NC(=O)CO4)C(=O)O1)C2. The highest BCUT2D eigenvalue weighted by molar-refractivity contribution is 5.94. The summed E-state index contributed by atoms with van der Waals surface area (Å²) < 4.78 is 24.4. The van der Waals surface area contributed by atoms with E-state index in [2.05, 4.69) is 25.6 Å². The van der Waals surface area contributed by atoms with Crippen molar-refractivity contribution in [2.45, 2.75) is 32.3 Å². The summed E-state index contributed by atoms with van der Waals surface area (Å²) in [5.41, 5.74) is 2.72. The molecule has 2 amide bonds. The predicted octanol–water partition coefficient (Wildman–Crippen LogP) is 1.37. The predicted molar refractivity (Wildman–Crippen MR) is 111 cm³/mol. The Labute approximate surface area is 183 Å². The lowest BCUT2D eigenvalue weighted by Crippen LogP contribution is -2.30. The number of carbonyl (C=O) groups is 2. The van der Waals surface area contributed by atoms with Crippen LogP contribution < -0.4 is 20.3 Å². The van der Waals surface area contributed by atoms with Crippen LogP contribution >= 0.6 is 0 Å². The lowest BCUT2D eigenvalue weighted by molar-refractivity contribution is -0.118. The van der Waals surface area contributed by atoms with Crippen molar-refractivity contribution in [1.82, 2.24) is 20.3 Å². The second-order valence-electron chi connectivity index (χ2n) is 8.26.